The highest BCUT2D eigenvalue weighted by Gasteiger charge is 2.02. The van der Waals surface area contributed by atoms with Crippen LogP contribution in [0.4, 0.5) is 0 Å². The summed E-state index contributed by atoms with van der Waals surface area (Å²) in [4.78, 5) is 0. The van der Waals surface area contributed by atoms with Gasteiger partial charge in [0.25, 0.3) is 0 Å². The van der Waals surface area contributed by atoms with Crippen LogP contribution < -0.4 is 0 Å². The molecule has 0 aliphatic carbocycles. The van der Waals surface area contributed by atoms with Gasteiger partial charge in [0.05, 0.1) is 18.2 Å². The first-order valence-corrected chi connectivity index (χ1v) is 3.80. The average Bonchev–Trinajstić information content (AvgIpc) is 2.03. The molecule has 0 heterocycles. The van der Waals surface area contributed by atoms with Crippen LogP contribution >= 0.6 is 0 Å². The zero-order valence-corrected chi connectivity index (χ0v) is 7.26. The molecule has 0 fully saturated rings. The molecule has 2 nitrogen and oxygen atoms in total. The number of hydrogen-bond donors (Lipinski definition) is 1. The van der Waals surface area contributed by atoms with Gasteiger partial charge in [0.15, 0.2) is 0 Å². The lowest BCUT2D eigenvalue weighted by atomic mass is 10.0. The number of benzene rings is 1. The molecule has 0 saturated carbocycles. The third-order valence-corrected chi connectivity index (χ3v) is 1.98. The Labute approximate surface area is 72.1 Å². The zero-order chi connectivity index (χ0) is 9.14. The fourth-order valence-corrected chi connectivity index (χ4v) is 1.31. The lowest BCUT2D eigenvalue weighted by molar-refractivity contribution is 0.280. The normalized spacial score (nSPS) is 9.50. The van der Waals surface area contributed by atoms with Crippen molar-refractivity contribution in [1.82, 2.24) is 0 Å². The molecule has 0 aliphatic heterocycles. The summed E-state index contributed by atoms with van der Waals surface area (Å²) >= 11 is 0. The first-order chi connectivity index (χ1) is 5.69. The molecule has 0 atom stereocenters. The molecule has 62 valence electrons. The van der Waals surface area contributed by atoms with Crippen molar-refractivity contribution in [2.75, 3.05) is 0 Å². The molecule has 1 aromatic rings. The number of aliphatic hydroxyl groups excluding tert-OH is 1. The van der Waals surface area contributed by atoms with Gasteiger partial charge in [-0.05, 0) is 42.7 Å². The summed E-state index contributed by atoms with van der Waals surface area (Å²) in [5.41, 5.74) is 3.54. The molecule has 0 bridgehead atoms. The standard InChI is InChI=1S/C10H11NO/c1-7-3-9(5-11)4-8(2)10(7)6-12/h3-4,12H,6H2,1-2H3. The van der Waals surface area contributed by atoms with Gasteiger partial charge in [-0.25, -0.2) is 0 Å². The van der Waals surface area contributed by atoms with E-state index >= 15 is 0 Å². The Morgan fingerprint density at radius 2 is 1.83 bits per heavy atom. The van der Waals surface area contributed by atoms with Crippen LogP contribution in [0.25, 0.3) is 0 Å². The Morgan fingerprint density at radius 1 is 1.33 bits per heavy atom. The average molecular weight is 161 g/mol. The summed E-state index contributed by atoms with van der Waals surface area (Å²) in [6.45, 7) is 3.85. The highest BCUT2D eigenvalue weighted by atomic mass is 16.3. The Bertz CT molecular complexity index is 313. The Morgan fingerprint density at radius 3 is 2.17 bits per heavy atom. The van der Waals surface area contributed by atoms with E-state index in [4.69, 9.17) is 10.4 Å². The fraction of sp³-hybridized carbons (Fsp3) is 0.300. The van der Waals surface area contributed by atoms with Crippen LogP contribution in [-0.2, 0) is 6.61 Å². The van der Waals surface area contributed by atoms with E-state index in [-0.39, 0.29) is 6.61 Å². The van der Waals surface area contributed by atoms with Crippen molar-refractivity contribution >= 4 is 0 Å². The van der Waals surface area contributed by atoms with Crippen LogP contribution in [0.1, 0.15) is 22.3 Å². The van der Waals surface area contributed by atoms with Gasteiger partial charge in [-0.3, -0.25) is 0 Å². The van der Waals surface area contributed by atoms with Gasteiger partial charge >= 0.3 is 0 Å². The van der Waals surface area contributed by atoms with E-state index in [0.717, 1.165) is 16.7 Å². The second kappa shape index (κ2) is 3.38. The molecule has 0 aliphatic rings. The van der Waals surface area contributed by atoms with Crippen molar-refractivity contribution in [2.45, 2.75) is 20.5 Å². The number of hydrogen-bond acceptors (Lipinski definition) is 2. The third kappa shape index (κ3) is 1.46. The van der Waals surface area contributed by atoms with Crippen LogP contribution in [0.5, 0.6) is 0 Å². The highest BCUT2D eigenvalue weighted by molar-refractivity contribution is 5.42. The summed E-state index contributed by atoms with van der Waals surface area (Å²) in [6.07, 6.45) is 0. The Balaban J connectivity index is 3.30. The van der Waals surface area contributed by atoms with Gasteiger partial charge in [0.1, 0.15) is 0 Å². The van der Waals surface area contributed by atoms with Crippen molar-refractivity contribution in [2.24, 2.45) is 0 Å². The molecule has 1 rings (SSSR count). The number of nitriles is 1. The van der Waals surface area contributed by atoms with Gasteiger partial charge < -0.3 is 5.11 Å². The molecule has 0 radical (unpaired) electrons. The molecule has 0 amide bonds. The Hall–Kier alpha value is -1.33. The minimum absolute atomic E-state index is 0.0450. The van der Waals surface area contributed by atoms with E-state index < -0.39 is 0 Å². The van der Waals surface area contributed by atoms with E-state index in [1.165, 1.54) is 0 Å². The second-order valence-corrected chi connectivity index (χ2v) is 2.86. The molecular formula is C10H11NO. The van der Waals surface area contributed by atoms with Gasteiger partial charge in [-0.15, -0.1) is 0 Å². The smallest absolute Gasteiger partial charge is 0.0991 e. The number of aliphatic hydroxyl groups is 1. The monoisotopic (exact) mass is 161 g/mol. The topological polar surface area (TPSA) is 44.0 Å². The maximum absolute atomic E-state index is 8.98. The molecule has 1 aromatic carbocycles. The first kappa shape index (κ1) is 8.76. The van der Waals surface area contributed by atoms with E-state index in [1.54, 1.807) is 12.1 Å². The Kier molecular flexibility index (Phi) is 2.47. The molecular weight excluding hydrogens is 150 g/mol. The van der Waals surface area contributed by atoms with Crippen LogP contribution in [0.2, 0.25) is 0 Å². The van der Waals surface area contributed by atoms with Crippen LogP contribution in [-0.4, -0.2) is 5.11 Å². The predicted octanol–water partition coefficient (Wildman–Crippen LogP) is 1.67. The van der Waals surface area contributed by atoms with Crippen LogP contribution in [0, 0.1) is 25.2 Å². The molecule has 0 spiro atoms. The number of nitrogens with zero attached hydrogens (tertiary/aromatic N) is 1. The van der Waals surface area contributed by atoms with Crippen molar-refractivity contribution < 1.29 is 5.11 Å². The second-order valence-electron chi connectivity index (χ2n) is 2.86. The third-order valence-electron chi connectivity index (χ3n) is 1.98. The SMILES string of the molecule is Cc1cc(C#N)cc(C)c1CO. The number of aryl methyl sites for hydroxylation is 2. The van der Waals surface area contributed by atoms with E-state index in [9.17, 15) is 0 Å². The minimum atomic E-state index is 0.0450. The number of rotatable bonds is 1. The minimum Gasteiger partial charge on any atom is -0.392 e. The van der Waals surface area contributed by atoms with E-state index in [0.29, 0.717) is 5.56 Å². The summed E-state index contributed by atoms with van der Waals surface area (Å²) in [5, 5.41) is 17.6. The molecule has 12 heavy (non-hydrogen) atoms. The van der Waals surface area contributed by atoms with Gasteiger partial charge in [0.2, 0.25) is 0 Å². The summed E-state index contributed by atoms with van der Waals surface area (Å²) in [5.74, 6) is 0. The van der Waals surface area contributed by atoms with Crippen LogP contribution in [0.15, 0.2) is 12.1 Å². The first-order valence-electron chi connectivity index (χ1n) is 3.80. The van der Waals surface area contributed by atoms with Gasteiger partial charge in [-0.1, -0.05) is 0 Å². The van der Waals surface area contributed by atoms with Crippen molar-refractivity contribution in [3.8, 4) is 6.07 Å². The maximum Gasteiger partial charge on any atom is 0.0991 e. The largest absolute Gasteiger partial charge is 0.392 e. The lowest BCUT2D eigenvalue weighted by Gasteiger charge is -2.06. The summed E-state index contributed by atoms with van der Waals surface area (Å²) in [6, 6.07) is 5.66. The zero-order valence-electron chi connectivity index (χ0n) is 7.26. The van der Waals surface area contributed by atoms with Crippen molar-refractivity contribution in [3.05, 3.63) is 34.4 Å². The summed E-state index contributed by atoms with van der Waals surface area (Å²) < 4.78 is 0. The van der Waals surface area contributed by atoms with E-state index in [2.05, 4.69) is 6.07 Å². The molecule has 1 N–H and O–H groups in total. The predicted molar refractivity (Wildman–Crippen MR) is 46.6 cm³/mol. The van der Waals surface area contributed by atoms with Gasteiger partial charge in [0, 0.05) is 0 Å². The van der Waals surface area contributed by atoms with Gasteiger partial charge in [-0.2, -0.15) is 5.26 Å². The van der Waals surface area contributed by atoms with Crippen molar-refractivity contribution in [3.63, 3.8) is 0 Å². The van der Waals surface area contributed by atoms with Crippen molar-refractivity contribution in [1.29, 1.82) is 5.26 Å². The van der Waals surface area contributed by atoms with E-state index in [1.807, 2.05) is 13.8 Å². The summed E-state index contributed by atoms with van der Waals surface area (Å²) in [7, 11) is 0. The quantitative estimate of drug-likeness (QED) is 0.680. The molecule has 2 heteroatoms. The maximum atomic E-state index is 8.98. The fourth-order valence-electron chi connectivity index (χ4n) is 1.31. The van der Waals surface area contributed by atoms with Crippen LogP contribution in [0.3, 0.4) is 0 Å². The molecule has 0 aromatic heterocycles. The highest BCUT2D eigenvalue weighted by Crippen LogP contribution is 2.15. The molecule has 0 unspecified atom stereocenters. The lowest BCUT2D eigenvalue weighted by Crippen LogP contribution is -1.94. The molecule has 0 saturated heterocycles.